The minimum absolute atomic E-state index is 0.0284. The van der Waals surface area contributed by atoms with Crippen LogP contribution in [0.4, 0.5) is 0 Å². The van der Waals surface area contributed by atoms with Crippen LogP contribution >= 0.6 is 0 Å². The second-order valence-corrected chi connectivity index (χ2v) is 8.54. The van der Waals surface area contributed by atoms with Crippen LogP contribution in [0.3, 0.4) is 0 Å². The lowest BCUT2D eigenvalue weighted by atomic mass is 9.91. The maximum atomic E-state index is 12.6. The van der Waals surface area contributed by atoms with Crippen molar-refractivity contribution in [2.75, 3.05) is 32.7 Å². The monoisotopic (exact) mass is 361 g/mol. The Kier molecular flexibility index (Phi) is 6.35. The molecule has 6 nitrogen and oxygen atoms in total. The number of likely N-dealkylation sites (tertiary alicyclic amines) is 1. The molecule has 3 rings (SSSR count). The molecule has 6 heteroatoms. The molecule has 146 valence electrons. The number of hydrogen-bond donors (Lipinski definition) is 2. The predicted octanol–water partition coefficient (Wildman–Crippen LogP) is 2.44. The lowest BCUT2D eigenvalue weighted by Crippen LogP contribution is -2.54. The summed E-state index contributed by atoms with van der Waals surface area (Å²) in [5, 5.41) is 11.0. The molecule has 0 saturated carbocycles. The fraction of sp³-hybridized carbons (Fsp3) is 0.800. The summed E-state index contributed by atoms with van der Waals surface area (Å²) in [6.45, 7) is 11.7. The van der Waals surface area contributed by atoms with E-state index in [1.54, 1.807) is 0 Å². The molecule has 0 aromatic carbocycles. The maximum absolute atomic E-state index is 12.6. The van der Waals surface area contributed by atoms with E-state index in [-0.39, 0.29) is 11.4 Å². The van der Waals surface area contributed by atoms with E-state index in [9.17, 15) is 4.79 Å². The molecule has 1 aromatic heterocycles. The van der Waals surface area contributed by atoms with E-state index in [2.05, 4.69) is 41.4 Å². The number of nitrogens with one attached hydrogen (secondary N) is 2. The van der Waals surface area contributed by atoms with Crippen LogP contribution in [0.1, 0.15) is 69.4 Å². The van der Waals surface area contributed by atoms with Crippen molar-refractivity contribution in [1.29, 1.82) is 0 Å². The molecular weight excluding hydrogens is 326 g/mol. The van der Waals surface area contributed by atoms with E-state index >= 15 is 0 Å². The lowest BCUT2D eigenvalue weighted by molar-refractivity contribution is 0.0610. The molecule has 2 aliphatic heterocycles. The highest BCUT2D eigenvalue weighted by Gasteiger charge is 2.31. The molecule has 0 spiro atoms. The topological polar surface area (TPSA) is 62.2 Å². The molecular formula is C20H35N5O. The third-order valence-electron chi connectivity index (χ3n) is 6.12. The van der Waals surface area contributed by atoms with Gasteiger partial charge < -0.3 is 10.6 Å². The van der Waals surface area contributed by atoms with Crippen molar-refractivity contribution < 1.29 is 4.79 Å². The van der Waals surface area contributed by atoms with Crippen LogP contribution in [0.5, 0.6) is 0 Å². The second kappa shape index (κ2) is 8.53. The number of rotatable bonds is 6. The number of carbonyl (C=O) groups is 1. The molecule has 2 fully saturated rings. The van der Waals surface area contributed by atoms with Crippen LogP contribution in [0.15, 0.2) is 12.3 Å². The third kappa shape index (κ3) is 4.65. The first-order valence-electron chi connectivity index (χ1n) is 10.3. The minimum atomic E-state index is -0.0651. The van der Waals surface area contributed by atoms with Gasteiger partial charge in [0.1, 0.15) is 5.69 Å². The maximum Gasteiger partial charge on any atom is 0.271 e. The van der Waals surface area contributed by atoms with Crippen molar-refractivity contribution in [3.8, 4) is 0 Å². The van der Waals surface area contributed by atoms with E-state index < -0.39 is 0 Å². The third-order valence-corrected chi connectivity index (χ3v) is 6.12. The Morgan fingerprint density at radius 3 is 2.96 bits per heavy atom. The molecule has 2 N–H and O–H groups in total. The molecule has 2 saturated heterocycles. The summed E-state index contributed by atoms with van der Waals surface area (Å²) >= 11 is 0. The van der Waals surface area contributed by atoms with Gasteiger partial charge in [0.15, 0.2) is 0 Å². The first-order chi connectivity index (χ1) is 12.5. The molecule has 1 aromatic rings. The van der Waals surface area contributed by atoms with E-state index in [4.69, 9.17) is 0 Å². The summed E-state index contributed by atoms with van der Waals surface area (Å²) in [5.74, 6) is 0.725. The van der Waals surface area contributed by atoms with Crippen molar-refractivity contribution in [3.05, 3.63) is 18.0 Å². The summed E-state index contributed by atoms with van der Waals surface area (Å²) in [6, 6.07) is 2.20. The second-order valence-electron chi connectivity index (χ2n) is 8.54. The zero-order valence-corrected chi connectivity index (χ0v) is 16.6. The molecule has 3 heterocycles. The van der Waals surface area contributed by atoms with Gasteiger partial charge in [0.05, 0.1) is 6.04 Å². The van der Waals surface area contributed by atoms with Gasteiger partial charge in [0, 0.05) is 31.4 Å². The van der Waals surface area contributed by atoms with E-state index in [0.29, 0.717) is 18.3 Å². The zero-order valence-electron chi connectivity index (χ0n) is 16.6. The van der Waals surface area contributed by atoms with Crippen LogP contribution in [0.2, 0.25) is 0 Å². The minimum Gasteiger partial charge on any atom is -0.349 e. The van der Waals surface area contributed by atoms with Crippen LogP contribution < -0.4 is 10.6 Å². The van der Waals surface area contributed by atoms with Gasteiger partial charge in [-0.2, -0.15) is 5.10 Å². The molecule has 2 aliphatic rings. The zero-order chi connectivity index (χ0) is 18.6. The van der Waals surface area contributed by atoms with Crippen molar-refractivity contribution in [3.63, 3.8) is 0 Å². The Labute approximate surface area is 157 Å². The molecule has 26 heavy (non-hydrogen) atoms. The highest BCUT2D eigenvalue weighted by atomic mass is 16.2. The van der Waals surface area contributed by atoms with E-state index in [1.807, 2.05) is 16.9 Å². The summed E-state index contributed by atoms with van der Waals surface area (Å²) in [5.41, 5.74) is 0.496. The van der Waals surface area contributed by atoms with E-state index in [1.165, 1.54) is 19.3 Å². The first kappa shape index (κ1) is 19.4. The Morgan fingerprint density at radius 1 is 1.38 bits per heavy atom. The van der Waals surface area contributed by atoms with Gasteiger partial charge in [-0.3, -0.25) is 14.4 Å². The SMILES string of the molecule is CCC1CCCN(C(C)(C)CNC(=O)c2ccn(C3CCCNC3)n2)C1. The molecule has 0 aliphatic carbocycles. The number of nitrogens with zero attached hydrogens (tertiary/aromatic N) is 3. The highest BCUT2D eigenvalue weighted by molar-refractivity contribution is 5.92. The van der Waals surface area contributed by atoms with Gasteiger partial charge in [0.2, 0.25) is 0 Å². The van der Waals surface area contributed by atoms with Crippen molar-refractivity contribution in [1.82, 2.24) is 25.3 Å². The molecule has 2 atom stereocenters. The molecule has 1 amide bonds. The number of carbonyl (C=O) groups excluding carboxylic acids is 1. The fourth-order valence-corrected chi connectivity index (χ4v) is 4.17. The van der Waals surface area contributed by atoms with Gasteiger partial charge in [0.25, 0.3) is 5.91 Å². The standard InChI is InChI=1S/C20H35N5O/c1-4-16-7-6-11-24(14-16)20(2,3)15-22-19(26)18-9-12-25(23-18)17-8-5-10-21-13-17/h9,12,16-17,21H,4-8,10-11,13-15H2,1-3H3,(H,22,26). The number of hydrogen-bond acceptors (Lipinski definition) is 4. The summed E-state index contributed by atoms with van der Waals surface area (Å²) < 4.78 is 1.95. The highest BCUT2D eigenvalue weighted by Crippen LogP contribution is 2.25. The van der Waals surface area contributed by atoms with Gasteiger partial charge >= 0.3 is 0 Å². The van der Waals surface area contributed by atoms with Gasteiger partial charge in [-0.1, -0.05) is 13.3 Å². The van der Waals surface area contributed by atoms with Gasteiger partial charge in [-0.05, 0) is 64.6 Å². The Bertz CT molecular complexity index is 591. The normalized spacial score (nSPS) is 25.2. The summed E-state index contributed by atoms with van der Waals surface area (Å²) in [4.78, 5) is 15.1. The van der Waals surface area contributed by atoms with Gasteiger partial charge in [-0.15, -0.1) is 0 Å². The van der Waals surface area contributed by atoms with Crippen LogP contribution in [0, 0.1) is 5.92 Å². The average Bonchev–Trinajstić information content (AvgIpc) is 3.17. The quantitative estimate of drug-likeness (QED) is 0.817. The van der Waals surface area contributed by atoms with E-state index in [0.717, 1.165) is 44.9 Å². The number of piperidine rings is 2. The number of amides is 1. The fourth-order valence-electron chi connectivity index (χ4n) is 4.17. The number of aromatic nitrogens is 2. The molecule has 2 unspecified atom stereocenters. The van der Waals surface area contributed by atoms with Gasteiger partial charge in [-0.25, -0.2) is 0 Å². The largest absolute Gasteiger partial charge is 0.349 e. The van der Waals surface area contributed by atoms with Crippen molar-refractivity contribution in [2.45, 2.75) is 64.5 Å². The molecule has 0 bridgehead atoms. The average molecular weight is 362 g/mol. The Morgan fingerprint density at radius 2 is 2.23 bits per heavy atom. The first-order valence-corrected chi connectivity index (χ1v) is 10.3. The predicted molar refractivity (Wildman–Crippen MR) is 104 cm³/mol. The van der Waals surface area contributed by atoms with Crippen LogP contribution in [-0.2, 0) is 0 Å². The smallest absolute Gasteiger partial charge is 0.271 e. The van der Waals surface area contributed by atoms with Crippen LogP contribution in [0.25, 0.3) is 0 Å². The summed E-state index contributed by atoms with van der Waals surface area (Å²) in [6.07, 6.45) is 8.06. The lowest BCUT2D eigenvalue weighted by Gasteiger charge is -2.43. The van der Waals surface area contributed by atoms with Crippen molar-refractivity contribution >= 4 is 5.91 Å². The Hall–Kier alpha value is -1.40. The van der Waals surface area contributed by atoms with Crippen molar-refractivity contribution in [2.24, 2.45) is 5.92 Å². The Balaban J connectivity index is 1.53. The van der Waals surface area contributed by atoms with Crippen LogP contribution in [-0.4, -0.2) is 58.9 Å². The summed E-state index contributed by atoms with van der Waals surface area (Å²) in [7, 11) is 0. The molecule has 0 radical (unpaired) electrons.